The molecule has 2 saturated heterocycles. The Hall–Kier alpha value is -3.28. The van der Waals surface area contributed by atoms with E-state index < -0.39 is 12.3 Å². The average molecular weight is 427 g/mol. The van der Waals surface area contributed by atoms with E-state index in [-0.39, 0.29) is 35.7 Å². The van der Waals surface area contributed by atoms with Crippen molar-refractivity contribution in [3.63, 3.8) is 0 Å². The second-order valence-corrected chi connectivity index (χ2v) is 7.93. The molecule has 31 heavy (non-hydrogen) atoms. The molecule has 2 aliphatic heterocycles. The van der Waals surface area contributed by atoms with Crippen molar-refractivity contribution in [2.75, 3.05) is 25.1 Å². The number of nitrogens with zero attached hydrogens (tertiary/aromatic N) is 5. The molecule has 4 rings (SSSR count). The third-order valence-corrected chi connectivity index (χ3v) is 6.00. The number of ether oxygens (including phenoxy) is 1. The molecule has 162 valence electrons. The van der Waals surface area contributed by atoms with Crippen LogP contribution in [0.5, 0.6) is 5.75 Å². The average Bonchev–Trinajstić information content (AvgIpc) is 3.06. The lowest BCUT2D eigenvalue weighted by atomic mass is 10.0. The van der Waals surface area contributed by atoms with Crippen LogP contribution in [-0.4, -0.2) is 53.1 Å². The first-order valence-electron chi connectivity index (χ1n) is 10.2. The Kier molecular flexibility index (Phi) is 5.72. The van der Waals surface area contributed by atoms with Gasteiger partial charge in [0.05, 0.1) is 18.9 Å². The van der Waals surface area contributed by atoms with Gasteiger partial charge >= 0.3 is 0 Å². The van der Waals surface area contributed by atoms with Gasteiger partial charge in [0.25, 0.3) is 5.92 Å². The zero-order chi connectivity index (χ0) is 22.0. The molecule has 2 bridgehead atoms. The maximum atomic E-state index is 14.6. The Labute approximate surface area is 179 Å². The van der Waals surface area contributed by atoms with Gasteiger partial charge in [-0.1, -0.05) is 0 Å². The quantitative estimate of drug-likeness (QED) is 0.705. The van der Waals surface area contributed by atoms with E-state index in [1.165, 1.54) is 19.4 Å². The molecule has 7 nitrogen and oxygen atoms in total. The fourth-order valence-electron chi connectivity index (χ4n) is 4.38. The highest BCUT2D eigenvalue weighted by atomic mass is 19.3. The Bertz CT molecular complexity index is 978. The Morgan fingerprint density at radius 1 is 1.26 bits per heavy atom. The zero-order valence-corrected chi connectivity index (χ0v) is 17.2. The Morgan fingerprint density at radius 2 is 2.00 bits per heavy atom. The molecule has 2 fully saturated rings. The largest absolute Gasteiger partial charge is 0.495 e. The number of hydrogen-bond acceptors (Lipinski definition) is 6. The van der Waals surface area contributed by atoms with Gasteiger partial charge in [0, 0.05) is 56.0 Å². The summed E-state index contributed by atoms with van der Waals surface area (Å²) in [5, 5.41) is 8.95. The highest BCUT2D eigenvalue weighted by Crippen LogP contribution is 2.36. The van der Waals surface area contributed by atoms with Gasteiger partial charge in [-0.15, -0.1) is 0 Å². The summed E-state index contributed by atoms with van der Waals surface area (Å²) >= 11 is 0. The number of nitriles is 1. The molecule has 0 aromatic carbocycles. The summed E-state index contributed by atoms with van der Waals surface area (Å²) in [4.78, 5) is 24.8. The molecule has 2 unspecified atom stereocenters. The first-order valence-corrected chi connectivity index (χ1v) is 10.2. The van der Waals surface area contributed by atoms with Crippen LogP contribution in [0.15, 0.2) is 36.8 Å². The smallest absolute Gasteiger partial charge is 0.275 e. The molecule has 0 saturated carbocycles. The summed E-state index contributed by atoms with van der Waals surface area (Å²) in [5.41, 5.74) is 0.244. The summed E-state index contributed by atoms with van der Waals surface area (Å²) < 4.78 is 34.2. The normalized spacial score (nSPS) is 20.5. The minimum Gasteiger partial charge on any atom is -0.495 e. The van der Waals surface area contributed by atoms with Gasteiger partial charge < -0.3 is 14.5 Å². The number of methoxy groups -OCH3 is 1. The number of amides is 1. The van der Waals surface area contributed by atoms with Crippen LogP contribution >= 0.6 is 0 Å². The van der Waals surface area contributed by atoms with Crippen molar-refractivity contribution in [1.82, 2.24) is 14.9 Å². The lowest BCUT2D eigenvalue weighted by molar-refractivity contribution is -0.134. The van der Waals surface area contributed by atoms with Crippen molar-refractivity contribution in [2.45, 2.75) is 43.7 Å². The van der Waals surface area contributed by atoms with Gasteiger partial charge in [-0.25, -0.2) is 13.8 Å². The molecule has 0 spiro atoms. The molecule has 0 N–H and O–H groups in total. The molecule has 2 aliphatic rings. The van der Waals surface area contributed by atoms with Crippen molar-refractivity contribution in [2.24, 2.45) is 0 Å². The predicted molar refractivity (Wildman–Crippen MR) is 109 cm³/mol. The third-order valence-electron chi connectivity index (χ3n) is 6.00. The summed E-state index contributed by atoms with van der Waals surface area (Å²) in [6.45, 7) is 0.979. The molecular formula is C22H23F2N5O2. The minimum atomic E-state index is -3.16. The van der Waals surface area contributed by atoms with Crippen molar-refractivity contribution in [3.8, 4) is 11.8 Å². The fourth-order valence-corrected chi connectivity index (χ4v) is 4.38. The third kappa shape index (κ3) is 4.29. The number of rotatable bonds is 6. The number of fused-ring (bicyclic) bond motifs is 2. The van der Waals surface area contributed by atoms with Crippen LogP contribution in [0.2, 0.25) is 0 Å². The van der Waals surface area contributed by atoms with Crippen LogP contribution in [0.25, 0.3) is 0 Å². The molecule has 2 aromatic heterocycles. The molecule has 9 heteroatoms. The van der Waals surface area contributed by atoms with E-state index in [4.69, 9.17) is 10.00 Å². The lowest BCUT2D eigenvalue weighted by Crippen LogP contribution is -2.55. The first kappa shape index (κ1) is 21.0. The van der Waals surface area contributed by atoms with Gasteiger partial charge in [-0.2, -0.15) is 5.26 Å². The van der Waals surface area contributed by atoms with Crippen molar-refractivity contribution >= 4 is 11.7 Å². The first-order chi connectivity index (χ1) is 14.9. The molecule has 2 atom stereocenters. The molecule has 1 amide bonds. The fraction of sp³-hybridized carbons (Fsp3) is 0.455. The van der Waals surface area contributed by atoms with E-state index in [1.54, 1.807) is 17.2 Å². The number of piperazine rings is 1. The molecule has 0 aliphatic carbocycles. The molecular weight excluding hydrogens is 404 g/mol. The second-order valence-electron chi connectivity index (χ2n) is 7.93. The SMILES string of the molecule is COc1cncc(C(F)(F)CCC(=O)N2CC3CCC(C2)N3c2ccc(C#N)cn2)c1. The standard InChI is InChI=1S/C22H23F2N5O2/c1-31-19-8-16(11-26-12-19)22(23,24)7-6-21(30)28-13-17-3-4-18(14-28)29(17)20-5-2-15(9-25)10-27-20/h2,5,8,10-12,17-18H,3-4,6-7,13-14H2,1H3. The maximum Gasteiger partial charge on any atom is 0.275 e. The van der Waals surface area contributed by atoms with Crippen LogP contribution in [0.3, 0.4) is 0 Å². The number of hydrogen-bond donors (Lipinski definition) is 0. The lowest BCUT2D eigenvalue weighted by Gasteiger charge is -2.42. The summed E-state index contributed by atoms with van der Waals surface area (Å²) in [7, 11) is 1.39. The minimum absolute atomic E-state index is 0.103. The van der Waals surface area contributed by atoms with E-state index in [0.717, 1.165) is 24.9 Å². The van der Waals surface area contributed by atoms with Crippen LogP contribution < -0.4 is 9.64 Å². The van der Waals surface area contributed by atoms with Gasteiger partial charge in [0.2, 0.25) is 5.91 Å². The van der Waals surface area contributed by atoms with E-state index in [0.29, 0.717) is 18.7 Å². The van der Waals surface area contributed by atoms with Crippen LogP contribution in [0.1, 0.15) is 36.8 Å². The number of aromatic nitrogens is 2. The Morgan fingerprint density at radius 3 is 2.61 bits per heavy atom. The number of likely N-dealkylation sites (tertiary alicyclic amines) is 1. The van der Waals surface area contributed by atoms with Crippen molar-refractivity contribution < 1.29 is 18.3 Å². The number of halogens is 2. The zero-order valence-electron chi connectivity index (χ0n) is 17.2. The predicted octanol–water partition coefficient (Wildman–Crippen LogP) is 3.11. The summed E-state index contributed by atoms with van der Waals surface area (Å²) in [6.07, 6.45) is 5.04. The monoisotopic (exact) mass is 427 g/mol. The summed E-state index contributed by atoms with van der Waals surface area (Å²) in [5.74, 6) is -2.38. The van der Waals surface area contributed by atoms with Crippen molar-refractivity contribution in [3.05, 3.63) is 47.9 Å². The molecule has 2 aromatic rings. The van der Waals surface area contributed by atoms with Crippen LogP contribution in [-0.2, 0) is 10.7 Å². The highest BCUT2D eigenvalue weighted by molar-refractivity contribution is 5.77. The highest BCUT2D eigenvalue weighted by Gasteiger charge is 2.42. The number of alkyl halides is 2. The topological polar surface area (TPSA) is 82.4 Å². The number of carbonyl (C=O) groups is 1. The van der Waals surface area contributed by atoms with Crippen LogP contribution in [0, 0.1) is 11.3 Å². The number of carbonyl (C=O) groups excluding carboxylic acids is 1. The Balaban J connectivity index is 1.38. The van der Waals surface area contributed by atoms with Gasteiger partial charge in [-0.3, -0.25) is 9.78 Å². The van der Waals surface area contributed by atoms with E-state index in [2.05, 4.69) is 20.9 Å². The van der Waals surface area contributed by atoms with E-state index >= 15 is 0 Å². The maximum absolute atomic E-state index is 14.6. The van der Waals surface area contributed by atoms with Crippen molar-refractivity contribution in [1.29, 1.82) is 5.26 Å². The van der Waals surface area contributed by atoms with Gasteiger partial charge in [-0.05, 0) is 31.0 Å². The van der Waals surface area contributed by atoms with Gasteiger partial charge in [0.15, 0.2) is 0 Å². The van der Waals surface area contributed by atoms with E-state index in [9.17, 15) is 13.6 Å². The second kappa shape index (κ2) is 8.46. The number of anilines is 1. The molecule has 4 heterocycles. The van der Waals surface area contributed by atoms with Crippen LogP contribution in [0.4, 0.5) is 14.6 Å². The van der Waals surface area contributed by atoms with E-state index in [1.807, 2.05) is 6.07 Å². The summed E-state index contributed by atoms with van der Waals surface area (Å²) in [6, 6.07) is 7.07. The molecule has 0 radical (unpaired) electrons. The number of pyridine rings is 2. The van der Waals surface area contributed by atoms with Gasteiger partial charge in [0.1, 0.15) is 17.6 Å².